The van der Waals surface area contributed by atoms with Crippen LogP contribution < -0.4 is 11.1 Å². The number of hydrogen-bond donors (Lipinski definition) is 2. The fourth-order valence-electron chi connectivity index (χ4n) is 1.62. The van der Waals surface area contributed by atoms with Gasteiger partial charge in [0.15, 0.2) is 5.69 Å². The summed E-state index contributed by atoms with van der Waals surface area (Å²) < 4.78 is 0. The molecule has 4 nitrogen and oxygen atoms in total. The smallest absolute Gasteiger partial charge is 0.164 e. The first-order valence-corrected chi connectivity index (χ1v) is 5.90. The van der Waals surface area contributed by atoms with Crippen molar-refractivity contribution < 1.29 is 0 Å². The van der Waals surface area contributed by atoms with Crippen LogP contribution in [0, 0.1) is 11.3 Å². The normalized spacial score (nSPS) is 15.8. The molecule has 3 N–H and O–H groups in total. The first-order chi connectivity index (χ1) is 9.29. The van der Waals surface area contributed by atoms with Crippen molar-refractivity contribution in [2.45, 2.75) is 6.42 Å². The molecule has 2 rings (SSSR count). The summed E-state index contributed by atoms with van der Waals surface area (Å²) in [5, 5.41) is 12.1. The van der Waals surface area contributed by atoms with E-state index in [1.807, 2.05) is 42.6 Å². The largest absolute Gasteiger partial charge is 0.397 e. The molecule has 4 heteroatoms. The quantitative estimate of drug-likeness (QED) is 0.846. The SMILES string of the molecule is N#Cc1ncc(N)cc1N/C=C1/C=CC=CC=CC1. The van der Waals surface area contributed by atoms with Crippen LogP contribution in [0.5, 0.6) is 0 Å². The van der Waals surface area contributed by atoms with Gasteiger partial charge in [0.05, 0.1) is 17.6 Å². The summed E-state index contributed by atoms with van der Waals surface area (Å²) in [6.45, 7) is 0. The average Bonchev–Trinajstić information content (AvgIpc) is 2.37. The first kappa shape index (κ1) is 12.7. The van der Waals surface area contributed by atoms with Gasteiger partial charge in [-0.2, -0.15) is 5.26 Å². The highest BCUT2D eigenvalue weighted by Gasteiger charge is 2.02. The van der Waals surface area contributed by atoms with Crippen LogP contribution in [-0.2, 0) is 0 Å². The number of aromatic nitrogens is 1. The van der Waals surface area contributed by atoms with Crippen LogP contribution in [0.25, 0.3) is 0 Å². The molecule has 0 fully saturated rings. The Hall–Kier alpha value is -2.80. The Bertz CT molecular complexity index is 616. The predicted molar refractivity (Wildman–Crippen MR) is 77.1 cm³/mol. The number of hydrogen-bond acceptors (Lipinski definition) is 4. The third-order valence-electron chi connectivity index (χ3n) is 2.56. The second kappa shape index (κ2) is 6.22. The van der Waals surface area contributed by atoms with E-state index in [-0.39, 0.29) is 0 Å². The lowest BCUT2D eigenvalue weighted by atomic mass is 10.1. The summed E-state index contributed by atoms with van der Waals surface area (Å²) in [5.74, 6) is 0. The minimum Gasteiger partial charge on any atom is -0.397 e. The number of rotatable bonds is 2. The molecule has 0 bridgehead atoms. The fraction of sp³-hybridized carbons (Fsp3) is 0.0667. The molecule has 0 atom stereocenters. The lowest BCUT2D eigenvalue weighted by Gasteiger charge is -2.06. The second-order valence-corrected chi connectivity index (χ2v) is 4.02. The Morgan fingerprint density at radius 1 is 1.32 bits per heavy atom. The molecule has 0 aromatic carbocycles. The molecular weight excluding hydrogens is 236 g/mol. The van der Waals surface area contributed by atoms with Crippen molar-refractivity contribution in [3.8, 4) is 6.07 Å². The zero-order valence-electron chi connectivity index (χ0n) is 10.4. The topological polar surface area (TPSA) is 74.7 Å². The van der Waals surface area contributed by atoms with E-state index in [9.17, 15) is 0 Å². The van der Waals surface area contributed by atoms with Gasteiger partial charge >= 0.3 is 0 Å². The van der Waals surface area contributed by atoms with Crippen molar-refractivity contribution in [2.24, 2.45) is 0 Å². The van der Waals surface area contributed by atoms with Gasteiger partial charge in [-0.1, -0.05) is 36.5 Å². The van der Waals surface area contributed by atoms with Gasteiger partial charge in [-0.05, 0) is 18.1 Å². The average molecular weight is 250 g/mol. The van der Waals surface area contributed by atoms with Gasteiger partial charge in [-0.3, -0.25) is 0 Å². The minimum atomic E-state index is 0.330. The highest BCUT2D eigenvalue weighted by Crippen LogP contribution is 2.17. The highest BCUT2D eigenvalue weighted by molar-refractivity contribution is 5.61. The van der Waals surface area contributed by atoms with E-state index >= 15 is 0 Å². The van der Waals surface area contributed by atoms with Gasteiger partial charge in [0.2, 0.25) is 0 Å². The van der Waals surface area contributed by atoms with Crippen LogP contribution in [-0.4, -0.2) is 4.98 Å². The number of nitrogens with two attached hydrogens (primary N) is 1. The van der Waals surface area contributed by atoms with Crippen molar-refractivity contribution in [2.75, 3.05) is 11.1 Å². The zero-order valence-corrected chi connectivity index (χ0v) is 10.4. The highest BCUT2D eigenvalue weighted by atomic mass is 14.9. The molecule has 0 spiro atoms. The van der Waals surface area contributed by atoms with Crippen LogP contribution in [0.1, 0.15) is 12.1 Å². The minimum absolute atomic E-state index is 0.330. The molecule has 1 aliphatic carbocycles. The summed E-state index contributed by atoms with van der Waals surface area (Å²) in [5.41, 5.74) is 8.24. The molecule has 1 aromatic heterocycles. The van der Waals surface area contributed by atoms with E-state index in [4.69, 9.17) is 11.0 Å². The van der Waals surface area contributed by atoms with Gasteiger partial charge in [0.1, 0.15) is 6.07 Å². The third kappa shape index (κ3) is 3.58. The number of nitriles is 1. The van der Waals surface area contributed by atoms with Gasteiger partial charge in [-0.15, -0.1) is 0 Å². The predicted octanol–water partition coefficient (Wildman–Crippen LogP) is 2.90. The van der Waals surface area contributed by atoms with Crippen molar-refractivity contribution in [3.05, 3.63) is 66.2 Å². The van der Waals surface area contributed by atoms with Gasteiger partial charge in [0, 0.05) is 6.20 Å². The van der Waals surface area contributed by atoms with E-state index < -0.39 is 0 Å². The Labute approximate surface area is 112 Å². The maximum Gasteiger partial charge on any atom is 0.164 e. The standard InChI is InChI=1S/C15H14N4/c16-9-15-14(8-13(17)11-19-15)18-10-12-6-4-2-1-3-5-7-12/h1-6,8,10-11,18H,7,17H2/b2-1?,5-3?,6-4?,12-10-. The zero-order chi connectivity index (χ0) is 13.5. The molecule has 1 aliphatic rings. The van der Waals surface area contributed by atoms with E-state index in [0.29, 0.717) is 17.1 Å². The Morgan fingerprint density at radius 2 is 2.16 bits per heavy atom. The van der Waals surface area contributed by atoms with E-state index in [0.717, 1.165) is 12.0 Å². The van der Waals surface area contributed by atoms with Crippen molar-refractivity contribution in [1.29, 1.82) is 5.26 Å². The third-order valence-corrected chi connectivity index (χ3v) is 2.56. The number of nitrogens with one attached hydrogen (secondary N) is 1. The molecule has 0 aliphatic heterocycles. The molecule has 0 unspecified atom stereocenters. The molecule has 0 saturated carbocycles. The Kier molecular flexibility index (Phi) is 4.14. The molecule has 0 radical (unpaired) electrons. The van der Waals surface area contributed by atoms with Crippen LogP contribution >= 0.6 is 0 Å². The van der Waals surface area contributed by atoms with Crippen molar-refractivity contribution in [1.82, 2.24) is 4.98 Å². The maximum absolute atomic E-state index is 8.98. The van der Waals surface area contributed by atoms with E-state index in [2.05, 4.69) is 16.4 Å². The molecule has 1 aromatic rings. The summed E-state index contributed by atoms with van der Waals surface area (Å²) in [6.07, 6.45) is 16.2. The number of allylic oxidation sites excluding steroid dienone is 7. The van der Waals surface area contributed by atoms with Crippen LogP contribution in [0.3, 0.4) is 0 Å². The number of nitrogens with zero attached hydrogens (tertiary/aromatic N) is 2. The summed E-state index contributed by atoms with van der Waals surface area (Å²) in [7, 11) is 0. The monoisotopic (exact) mass is 250 g/mol. The van der Waals surface area contributed by atoms with Gasteiger partial charge < -0.3 is 11.1 Å². The van der Waals surface area contributed by atoms with Gasteiger partial charge in [0.25, 0.3) is 0 Å². The lowest BCUT2D eigenvalue weighted by Crippen LogP contribution is -1.98. The second-order valence-electron chi connectivity index (χ2n) is 4.02. The molecule has 94 valence electrons. The van der Waals surface area contributed by atoms with Crippen molar-refractivity contribution >= 4 is 11.4 Å². The summed E-state index contributed by atoms with van der Waals surface area (Å²) in [6, 6.07) is 3.73. The summed E-state index contributed by atoms with van der Waals surface area (Å²) >= 11 is 0. The molecular formula is C15H14N4. The van der Waals surface area contributed by atoms with Gasteiger partial charge in [-0.25, -0.2) is 4.98 Å². The Balaban J connectivity index is 2.20. The number of anilines is 2. The van der Waals surface area contributed by atoms with Crippen LogP contribution in [0.4, 0.5) is 11.4 Å². The Morgan fingerprint density at radius 3 is 3.00 bits per heavy atom. The molecule has 1 heterocycles. The number of nitrogen functional groups attached to an aromatic ring is 1. The maximum atomic E-state index is 8.98. The molecule has 19 heavy (non-hydrogen) atoms. The lowest BCUT2D eigenvalue weighted by molar-refractivity contribution is 1.24. The number of pyridine rings is 1. The van der Waals surface area contributed by atoms with E-state index in [1.54, 1.807) is 6.07 Å². The molecule has 0 saturated heterocycles. The van der Waals surface area contributed by atoms with E-state index in [1.165, 1.54) is 6.20 Å². The van der Waals surface area contributed by atoms with Crippen LogP contribution in [0.2, 0.25) is 0 Å². The summed E-state index contributed by atoms with van der Waals surface area (Å²) in [4.78, 5) is 3.97. The molecule has 0 amide bonds. The first-order valence-electron chi connectivity index (χ1n) is 5.90. The van der Waals surface area contributed by atoms with Crippen LogP contribution in [0.15, 0.2) is 60.5 Å². The van der Waals surface area contributed by atoms with Crippen molar-refractivity contribution in [3.63, 3.8) is 0 Å². The fourth-order valence-corrected chi connectivity index (χ4v) is 1.62.